The lowest BCUT2D eigenvalue weighted by atomic mass is 9.55. The Hall–Kier alpha value is -1.77. The van der Waals surface area contributed by atoms with Gasteiger partial charge in [0, 0.05) is 13.5 Å². The van der Waals surface area contributed by atoms with Crippen LogP contribution in [0.4, 0.5) is 0 Å². The summed E-state index contributed by atoms with van der Waals surface area (Å²) in [5.74, 6) is -0.857. The van der Waals surface area contributed by atoms with Gasteiger partial charge in [-0.15, -0.1) is 0 Å². The van der Waals surface area contributed by atoms with Gasteiger partial charge in [0.15, 0.2) is 48.9 Å². The van der Waals surface area contributed by atoms with Crippen LogP contribution >= 0.6 is 0 Å². The van der Waals surface area contributed by atoms with Gasteiger partial charge in [-0.2, -0.15) is 0 Å². The van der Waals surface area contributed by atoms with E-state index >= 15 is 0 Å². The maximum absolute atomic E-state index is 12.9. The Morgan fingerprint density at radius 1 is 0.538 bits per heavy atom. The highest BCUT2D eigenvalue weighted by Gasteiger charge is 2.86. The third-order valence-electron chi connectivity index (χ3n) is 15.4. The molecule has 30 atom stereocenters. The molecule has 6 heterocycles. The van der Waals surface area contributed by atoms with Crippen LogP contribution in [0.5, 0.6) is 0 Å². The van der Waals surface area contributed by atoms with Crippen molar-refractivity contribution in [3.63, 3.8) is 0 Å². The number of rotatable bonds is 25. The highest BCUT2D eigenvalue weighted by Crippen LogP contribution is 2.60. The van der Waals surface area contributed by atoms with Gasteiger partial charge in [-0.1, -0.05) is 0 Å². The fraction of sp³-hybridized carbons (Fsp3) is 0.978. The van der Waals surface area contributed by atoms with Gasteiger partial charge >= 0.3 is 0 Å². The van der Waals surface area contributed by atoms with E-state index in [4.69, 9.17) is 62.6 Å². The van der Waals surface area contributed by atoms with Gasteiger partial charge in [0.25, 0.3) is 0 Å². The number of nitrogens with two attached hydrogens (primary N) is 1. The number of ether oxygens (including phenoxy) is 12. The Labute approximate surface area is 445 Å². The number of hydrogen-bond acceptors (Lipinski definition) is 32. The van der Waals surface area contributed by atoms with E-state index in [1.165, 1.54) is 0 Å². The molecular weight excluding hydrogens is 1060 g/mol. The number of hydrogen-bond donors (Lipinski definition) is 20. The summed E-state index contributed by atoms with van der Waals surface area (Å²) in [4.78, 5) is 12.9. The van der Waals surface area contributed by atoms with E-state index in [9.17, 15) is 91.6 Å². The van der Waals surface area contributed by atoms with E-state index in [2.05, 4.69) is 10.6 Å². The molecule has 1 amide bonds. The van der Waals surface area contributed by atoms with Gasteiger partial charge < -0.3 is 160 Å². The lowest BCUT2D eigenvalue weighted by Gasteiger charge is -2.72. The molecule has 7 aliphatic rings. The van der Waals surface area contributed by atoms with E-state index in [1.54, 1.807) is 7.05 Å². The summed E-state index contributed by atoms with van der Waals surface area (Å²) in [7, 11) is 1.60. The molecule has 17 unspecified atom stereocenters. The average molecular weight is 1140 g/mol. The van der Waals surface area contributed by atoms with E-state index in [0.29, 0.717) is 19.4 Å². The molecule has 0 aromatic carbocycles. The molecule has 1 saturated carbocycles. The van der Waals surface area contributed by atoms with E-state index in [0.717, 1.165) is 13.3 Å². The molecule has 6 aliphatic heterocycles. The zero-order valence-electron chi connectivity index (χ0n) is 42.6. The van der Waals surface area contributed by atoms with Gasteiger partial charge in [-0.3, -0.25) is 4.79 Å². The molecule has 0 radical (unpaired) electrons. The van der Waals surface area contributed by atoms with Crippen molar-refractivity contribution in [2.75, 3.05) is 59.8 Å². The fourth-order valence-corrected chi connectivity index (χ4v) is 10.8. The minimum absolute atomic E-state index is 0.0807. The summed E-state index contributed by atoms with van der Waals surface area (Å²) < 4.78 is 69.8. The first-order valence-electron chi connectivity index (χ1n) is 25.8. The number of unbranched alkanes of at least 4 members (excludes halogenated alkanes) is 2. The monoisotopic (exact) mass is 1140 g/mol. The first kappa shape index (κ1) is 63.8. The molecule has 7 fully saturated rings. The smallest absolute Gasteiger partial charge is 0.217 e. The SMILES string of the molecule is CNCCC1O[C@@H](OC2C(O)[C@@H](O)C(CO)O[C@H]2OC2C(NC(C)=O)[C@H](OC3[C@@H](O)C4(CO)O[C@H](O[C@H]5C(CO)O[C@@H](O[C@@H]6C(CO)O[C@@H](OCCCCCN)[C@@H](O)C6O)C(O)C5O)C34O)OC(CO)[C@@H]2O)C(O)C(O)[C@@H]1O. The van der Waals surface area contributed by atoms with Crippen molar-refractivity contribution in [1.29, 1.82) is 0 Å². The molecular formula is C45H79N3O30. The topological polar surface area (TPSA) is 522 Å². The molecule has 454 valence electrons. The lowest BCUT2D eigenvalue weighted by molar-refractivity contribution is -0.542. The standard InChI is InChI=1S/C45H79N3O30/c1-15(54)48-21-34(74-42-35(26(59)23(56)17(10-49)70-42)75-40-29(62)25(58)22(55)16(68-40)6-8-47-2)24(57)18(11-50)69-38(21)77-37-36(65)44(14-53)45(37,66)43(78-44)76-33-20(13-52)72-41(31(64)28(33)61)73-32-19(12-51)71-39(30(63)27(32)60)67-9-5-3-4-7-46/h16-43,47,49-53,55-66H,3-14,46H2,1-2H3,(H,48,54)/t16?,17?,18?,19?,20?,21?,22-,23+,24+,25?,26?,27?,28?,29?,30+,31?,32-,33+,34?,35?,36-,37?,38+,39-,40+,41+,42+,43+,44?,45?/m1/s1. The van der Waals surface area contributed by atoms with E-state index in [1.807, 2.05) is 0 Å². The summed E-state index contributed by atoms with van der Waals surface area (Å²) in [5.41, 5.74) is 0.526. The van der Waals surface area contributed by atoms with Crippen LogP contribution in [0.2, 0.25) is 0 Å². The second kappa shape index (κ2) is 27.3. The molecule has 7 rings (SSSR count). The number of carbonyl (C=O) groups excluding carboxylic acids is 1. The van der Waals surface area contributed by atoms with Crippen molar-refractivity contribution in [2.45, 2.75) is 216 Å². The predicted octanol–water partition coefficient (Wildman–Crippen LogP) is -12.4. The van der Waals surface area contributed by atoms with Gasteiger partial charge in [-0.05, 0) is 45.8 Å². The van der Waals surface area contributed by atoms with Crippen LogP contribution in [-0.2, 0) is 61.6 Å². The maximum atomic E-state index is 12.9. The Kier molecular flexibility index (Phi) is 22.3. The van der Waals surface area contributed by atoms with Gasteiger partial charge in [-0.25, -0.2) is 0 Å². The number of fused-ring (bicyclic) bond motifs is 1. The van der Waals surface area contributed by atoms with Crippen molar-refractivity contribution >= 4 is 5.91 Å². The van der Waals surface area contributed by atoms with Crippen LogP contribution in [-0.4, -0.2) is 336 Å². The van der Waals surface area contributed by atoms with Gasteiger partial charge in [0.1, 0.15) is 128 Å². The number of aliphatic hydroxyl groups is 17. The zero-order valence-corrected chi connectivity index (χ0v) is 42.6. The van der Waals surface area contributed by atoms with Gasteiger partial charge in [0.05, 0.1) is 39.1 Å². The number of aliphatic hydroxyl groups excluding tert-OH is 16. The largest absolute Gasteiger partial charge is 0.394 e. The predicted molar refractivity (Wildman–Crippen MR) is 247 cm³/mol. The van der Waals surface area contributed by atoms with Crippen molar-refractivity contribution in [2.24, 2.45) is 5.73 Å². The molecule has 0 bridgehead atoms. The molecule has 0 spiro atoms. The summed E-state index contributed by atoms with van der Waals surface area (Å²) >= 11 is 0. The lowest BCUT2D eigenvalue weighted by Crippen LogP contribution is -2.97. The van der Waals surface area contributed by atoms with Crippen LogP contribution in [0, 0.1) is 0 Å². The van der Waals surface area contributed by atoms with Gasteiger partial charge in [0.2, 0.25) is 5.91 Å². The molecule has 1 aliphatic carbocycles. The van der Waals surface area contributed by atoms with E-state index in [-0.39, 0.29) is 19.6 Å². The number of nitrogens with one attached hydrogen (secondary N) is 2. The first-order chi connectivity index (χ1) is 37.1. The molecule has 33 nitrogen and oxygen atoms in total. The molecule has 0 aromatic rings. The third kappa shape index (κ3) is 12.3. The zero-order chi connectivity index (χ0) is 57.1. The molecule has 6 saturated heterocycles. The second-order valence-corrected chi connectivity index (χ2v) is 20.4. The Bertz CT molecular complexity index is 1880. The van der Waals surface area contributed by atoms with Crippen molar-refractivity contribution in [3.8, 4) is 0 Å². The summed E-state index contributed by atoms with van der Waals surface area (Å²) in [6, 6.07) is -1.79. The Morgan fingerprint density at radius 2 is 1.04 bits per heavy atom. The minimum atomic E-state index is -2.68. The summed E-state index contributed by atoms with van der Waals surface area (Å²) in [6.45, 7) is -3.04. The number of amides is 1. The molecule has 33 heteroatoms. The van der Waals surface area contributed by atoms with Crippen LogP contribution in [0.1, 0.15) is 32.6 Å². The summed E-state index contributed by atoms with van der Waals surface area (Å²) in [6.07, 6.45) is -47.3. The minimum Gasteiger partial charge on any atom is -0.394 e. The normalized spacial score (nSPS) is 49.6. The molecule has 21 N–H and O–H groups in total. The molecule has 0 aromatic heterocycles. The third-order valence-corrected chi connectivity index (χ3v) is 15.4. The van der Waals surface area contributed by atoms with Crippen molar-refractivity contribution < 1.29 is 148 Å². The first-order valence-corrected chi connectivity index (χ1v) is 25.8. The second-order valence-electron chi connectivity index (χ2n) is 20.4. The van der Waals surface area contributed by atoms with Crippen LogP contribution in [0.25, 0.3) is 0 Å². The maximum Gasteiger partial charge on any atom is 0.217 e. The van der Waals surface area contributed by atoms with Crippen molar-refractivity contribution in [3.05, 3.63) is 0 Å². The number of carbonyl (C=O) groups is 1. The van der Waals surface area contributed by atoms with Crippen LogP contribution in [0.15, 0.2) is 0 Å². The summed E-state index contributed by atoms with van der Waals surface area (Å²) in [5, 5.41) is 192. The fourth-order valence-electron chi connectivity index (χ4n) is 10.8. The highest BCUT2D eigenvalue weighted by atomic mass is 16.8. The van der Waals surface area contributed by atoms with Crippen molar-refractivity contribution in [1.82, 2.24) is 10.6 Å². The quantitative estimate of drug-likeness (QED) is 0.0378. The Morgan fingerprint density at radius 3 is 1.63 bits per heavy atom. The average Bonchev–Trinajstić information content (AvgIpc) is 2.57. The van der Waals surface area contributed by atoms with E-state index < -0.39 is 222 Å². The Balaban J connectivity index is 1.08. The van der Waals surface area contributed by atoms with Crippen LogP contribution in [0.3, 0.4) is 0 Å². The molecule has 78 heavy (non-hydrogen) atoms. The van der Waals surface area contributed by atoms with Crippen LogP contribution < -0.4 is 16.4 Å². The highest BCUT2D eigenvalue weighted by molar-refractivity contribution is 5.73.